The molecule has 0 radical (unpaired) electrons. The van der Waals surface area contributed by atoms with Crippen LogP contribution in [0.5, 0.6) is 0 Å². The van der Waals surface area contributed by atoms with Crippen LogP contribution in [0.25, 0.3) is 21.9 Å². The van der Waals surface area contributed by atoms with E-state index in [2.05, 4.69) is 98.8 Å². The summed E-state index contributed by atoms with van der Waals surface area (Å²) < 4.78 is 0. The summed E-state index contributed by atoms with van der Waals surface area (Å²) in [5.41, 5.74) is 6.83. The Hall–Kier alpha value is -3.19. The Morgan fingerprint density at radius 2 is 1.38 bits per heavy atom. The van der Waals surface area contributed by atoms with E-state index in [0.29, 0.717) is 0 Å². The van der Waals surface area contributed by atoms with Crippen LogP contribution < -0.4 is 0 Å². The van der Waals surface area contributed by atoms with Gasteiger partial charge in [0.05, 0.1) is 5.69 Å². The second-order valence-corrected chi connectivity index (χ2v) is 6.61. The molecule has 0 aliphatic carbocycles. The van der Waals surface area contributed by atoms with E-state index in [1.165, 1.54) is 21.9 Å². The molecule has 0 unspecified atom stereocenters. The Balaban J connectivity index is 1.94. The van der Waals surface area contributed by atoms with Crippen LogP contribution in [0, 0.1) is 6.92 Å². The third-order valence-corrected chi connectivity index (χ3v) is 4.73. The lowest BCUT2D eigenvalue weighted by Crippen LogP contribution is -1.94. The molecule has 126 valence electrons. The Labute approximate surface area is 154 Å². The monoisotopic (exact) mass is 335 g/mol. The van der Waals surface area contributed by atoms with Crippen LogP contribution in [0.3, 0.4) is 0 Å². The van der Waals surface area contributed by atoms with Crippen molar-refractivity contribution in [2.45, 2.75) is 13.8 Å². The molecule has 26 heavy (non-hydrogen) atoms. The van der Waals surface area contributed by atoms with Crippen LogP contribution >= 0.6 is 0 Å². The number of hydrogen-bond acceptors (Lipinski definition) is 1. The van der Waals surface area contributed by atoms with Crippen LogP contribution in [0.4, 0.5) is 5.69 Å². The van der Waals surface area contributed by atoms with Gasteiger partial charge in [0.15, 0.2) is 0 Å². The highest BCUT2D eigenvalue weighted by Gasteiger charge is 2.10. The van der Waals surface area contributed by atoms with Crippen molar-refractivity contribution in [3.05, 3.63) is 102 Å². The zero-order chi connectivity index (χ0) is 17.9. The van der Waals surface area contributed by atoms with Gasteiger partial charge in [0.25, 0.3) is 0 Å². The molecule has 0 saturated heterocycles. The van der Waals surface area contributed by atoms with Crippen LogP contribution in [0.1, 0.15) is 18.1 Å². The Kier molecular flexibility index (Phi) is 4.37. The highest BCUT2D eigenvalue weighted by molar-refractivity contribution is 6.06. The summed E-state index contributed by atoms with van der Waals surface area (Å²) >= 11 is 0. The van der Waals surface area contributed by atoms with Crippen molar-refractivity contribution in [1.82, 2.24) is 0 Å². The van der Waals surface area contributed by atoms with E-state index in [1.807, 2.05) is 6.07 Å². The average Bonchev–Trinajstić information content (AvgIpc) is 2.69. The quantitative estimate of drug-likeness (QED) is 0.359. The van der Waals surface area contributed by atoms with Gasteiger partial charge >= 0.3 is 0 Å². The largest absolute Gasteiger partial charge is 0.252 e. The summed E-state index contributed by atoms with van der Waals surface area (Å²) in [6, 6.07) is 31.8. The molecule has 0 aliphatic heterocycles. The summed E-state index contributed by atoms with van der Waals surface area (Å²) in [5.74, 6) is 0. The van der Waals surface area contributed by atoms with E-state index in [9.17, 15) is 0 Å². The highest BCUT2D eigenvalue weighted by Crippen LogP contribution is 2.37. The third-order valence-electron chi connectivity index (χ3n) is 4.73. The van der Waals surface area contributed by atoms with Gasteiger partial charge in [0.2, 0.25) is 0 Å². The fourth-order valence-corrected chi connectivity index (χ4v) is 3.25. The number of rotatable bonds is 3. The zero-order valence-electron chi connectivity index (χ0n) is 15.1. The van der Waals surface area contributed by atoms with E-state index < -0.39 is 0 Å². The molecule has 0 bridgehead atoms. The van der Waals surface area contributed by atoms with Crippen LogP contribution in [0.15, 0.2) is 96.0 Å². The molecule has 0 N–H and O–H groups in total. The van der Waals surface area contributed by atoms with E-state index in [0.717, 1.165) is 22.5 Å². The van der Waals surface area contributed by atoms with Crippen molar-refractivity contribution >= 4 is 22.2 Å². The van der Waals surface area contributed by atoms with Gasteiger partial charge in [-0.2, -0.15) is 0 Å². The number of fused-ring (bicyclic) bond motifs is 1. The number of aliphatic imine (C=N–C) groups is 1. The van der Waals surface area contributed by atoms with E-state index in [-0.39, 0.29) is 0 Å². The summed E-state index contributed by atoms with van der Waals surface area (Å²) in [7, 11) is 0. The molecule has 0 spiro atoms. The molecule has 0 aliphatic rings. The number of nitrogens with zero attached hydrogens (tertiary/aromatic N) is 1. The molecule has 0 aromatic heterocycles. The molecule has 1 heteroatoms. The molecule has 0 heterocycles. The second-order valence-electron chi connectivity index (χ2n) is 6.61. The molecule has 4 aromatic rings. The number of hydrogen-bond donors (Lipinski definition) is 0. The van der Waals surface area contributed by atoms with Gasteiger partial charge < -0.3 is 0 Å². The maximum absolute atomic E-state index is 5.08. The minimum atomic E-state index is 1.03. The van der Waals surface area contributed by atoms with Crippen molar-refractivity contribution in [2.24, 2.45) is 4.99 Å². The molecule has 4 rings (SSSR count). The summed E-state index contributed by atoms with van der Waals surface area (Å²) in [6.45, 7) is 4.19. The van der Waals surface area contributed by atoms with Gasteiger partial charge in [0, 0.05) is 16.7 Å². The Morgan fingerprint density at radius 3 is 2.15 bits per heavy atom. The fourth-order valence-electron chi connectivity index (χ4n) is 3.25. The maximum atomic E-state index is 5.08. The van der Waals surface area contributed by atoms with Crippen molar-refractivity contribution < 1.29 is 0 Å². The normalized spacial score (nSPS) is 11.7. The average molecular weight is 335 g/mol. The lowest BCUT2D eigenvalue weighted by Gasteiger charge is -2.11. The first-order valence-electron chi connectivity index (χ1n) is 8.92. The lowest BCUT2D eigenvalue weighted by molar-refractivity contribution is 1.44. The summed E-state index contributed by atoms with van der Waals surface area (Å²) in [5, 5.41) is 2.39. The smallest absolute Gasteiger partial charge is 0.0789 e. The van der Waals surface area contributed by atoms with Crippen LogP contribution in [-0.2, 0) is 0 Å². The van der Waals surface area contributed by atoms with Gasteiger partial charge in [-0.1, -0.05) is 96.6 Å². The predicted octanol–water partition coefficient (Wildman–Crippen LogP) is 6.96. The van der Waals surface area contributed by atoms with E-state index >= 15 is 0 Å². The fraction of sp³-hybridized carbons (Fsp3) is 0.0800. The molecule has 0 atom stereocenters. The Bertz CT molecular complexity index is 1070. The van der Waals surface area contributed by atoms with E-state index in [4.69, 9.17) is 4.99 Å². The predicted molar refractivity (Wildman–Crippen MR) is 112 cm³/mol. The van der Waals surface area contributed by atoms with E-state index in [1.54, 1.807) is 0 Å². The highest BCUT2D eigenvalue weighted by atomic mass is 14.8. The van der Waals surface area contributed by atoms with Gasteiger partial charge in [-0.05, 0) is 30.4 Å². The summed E-state index contributed by atoms with van der Waals surface area (Å²) in [4.78, 5) is 5.08. The molecule has 0 saturated carbocycles. The van der Waals surface area contributed by atoms with Crippen molar-refractivity contribution in [3.8, 4) is 11.1 Å². The molecule has 1 nitrogen and oxygen atoms in total. The zero-order valence-corrected chi connectivity index (χ0v) is 15.1. The van der Waals surface area contributed by atoms with Gasteiger partial charge in [-0.15, -0.1) is 0 Å². The van der Waals surface area contributed by atoms with Crippen molar-refractivity contribution in [3.63, 3.8) is 0 Å². The van der Waals surface area contributed by atoms with Gasteiger partial charge in [-0.25, -0.2) is 0 Å². The Morgan fingerprint density at radius 1 is 0.692 bits per heavy atom. The SMILES string of the molecule is CC(=Nc1c(-c2ccccc2)ccc2ccccc12)c1ccc(C)cc1. The minimum Gasteiger partial charge on any atom is -0.252 e. The van der Waals surface area contributed by atoms with Gasteiger partial charge in [-0.3, -0.25) is 4.99 Å². The van der Waals surface area contributed by atoms with Crippen molar-refractivity contribution in [2.75, 3.05) is 0 Å². The molecule has 0 amide bonds. The number of benzene rings is 4. The standard InChI is InChI=1S/C25H21N/c1-18-12-14-20(15-13-18)19(2)26-25-23-11-7-6-10-22(23)16-17-24(25)21-8-4-3-5-9-21/h3-17H,1-2H3. The molecular formula is C25H21N. The molecular weight excluding hydrogens is 314 g/mol. The summed E-state index contributed by atoms with van der Waals surface area (Å²) in [6.07, 6.45) is 0. The van der Waals surface area contributed by atoms with Crippen molar-refractivity contribution in [1.29, 1.82) is 0 Å². The molecule has 0 fully saturated rings. The lowest BCUT2D eigenvalue weighted by atomic mass is 9.98. The van der Waals surface area contributed by atoms with Gasteiger partial charge in [0.1, 0.15) is 0 Å². The second kappa shape index (κ2) is 6.97. The van der Waals surface area contributed by atoms with Crippen LogP contribution in [-0.4, -0.2) is 5.71 Å². The molecule has 4 aromatic carbocycles. The van der Waals surface area contributed by atoms with Crippen LogP contribution in [0.2, 0.25) is 0 Å². The first-order valence-corrected chi connectivity index (χ1v) is 8.92. The minimum absolute atomic E-state index is 1.03. The first-order chi connectivity index (χ1) is 12.7. The first kappa shape index (κ1) is 16.3. The maximum Gasteiger partial charge on any atom is 0.0789 e. The number of aryl methyl sites for hydroxylation is 1. The topological polar surface area (TPSA) is 12.4 Å². The third kappa shape index (κ3) is 3.16.